The van der Waals surface area contributed by atoms with Crippen LogP contribution in [0.1, 0.15) is 18.4 Å². The molecule has 0 radical (unpaired) electrons. The van der Waals surface area contributed by atoms with E-state index < -0.39 is 0 Å². The van der Waals surface area contributed by atoms with E-state index in [1.165, 1.54) is 0 Å². The first-order chi connectivity index (χ1) is 9.72. The van der Waals surface area contributed by atoms with Gasteiger partial charge in [-0.3, -0.25) is 0 Å². The highest BCUT2D eigenvalue weighted by atomic mass is 35.5. The van der Waals surface area contributed by atoms with Crippen molar-refractivity contribution in [2.75, 3.05) is 18.0 Å². The Morgan fingerprint density at radius 1 is 1.20 bits per heavy atom. The molecule has 2 heterocycles. The van der Waals surface area contributed by atoms with Crippen LogP contribution in [0.15, 0.2) is 10.2 Å². The number of rotatable bonds is 3. The highest BCUT2D eigenvalue weighted by molar-refractivity contribution is 6.35. The highest BCUT2D eigenvalue weighted by Crippen LogP contribution is 2.41. The number of azide groups is 2. The Labute approximate surface area is 118 Å². The Morgan fingerprint density at radius 2 is 1.80 bits per heavy atom. The van der Waals surface area contributed by atoms with Crippen molar-refractivity contribution < 1.29 is 0 Å². The van der Waals surface area contributed by atoms with Crippen LogP contribution in [0.5, 0.6) is 0 Å². The van der Waals surface area contributed by atoms with Crippen LogP contribution in [-0.2, 0) is 0 Å². The van der Waals surface area contributed by atoms with Crippen molar-refractivity contribution in [3.05, 3.63) is 31.5 Å². The number of nitrogens with zero attached hydrogens (tertiary/aromatic N) is 9. The molecule has 0 spiro atoms. The minimum atomic E-state index is -0.135. The molecule has 0 N–H and O–H groups in total. The zero-order valence-electron chi connectivity index (χ0n) is 10.2. The quantitative estimate of drug-likeness (QED) is 0.470. The van der Waals surface area contributed by atoms with Gasteiger partial charge in [0.25, 0.3) is 0 Å². The van der Waals surface area contributed by atoms with Crippen LogP contribution in [0.25, 0.3) is 20.9 Å². The summed E-state index contributed by atoms with van der Waals surface area (Å²) in [5.74, 6) is -0.235. The number of anilines is 1. The number of hydrogen-bond acceptors (Lipinski definition) is 5. The Bertz CT molecular complexity index is 673. The summed E-state index contributed by atoms with van der Waals surface area (Å²) in [5, 5.41) is 16.1. The summed E-state index contributed by atoms with van der Waals surface area (Å²) in [6.45, 7) is 1.45. The second-order valence-corrected chi connectivity index (χ2v) is 4.36. The summed E-state index contributed by atoms with van der Waals surface area (Å²) in [4.78, 5) is 11.0. The predicted octanol–water partition coefficient (Wildman–Crippen LogP) is 4.09. The molecule has 1 aromatic rings. The fourth-order valence-corrected chi connectivity index (χ4v) is 2.38. The lowest BCUT2D eigenvalue weighted by atomic mass is 10.2. The zero-order chi connectivity index (χ0) is 14.5. The van der Waals surface area contributed by atoms with Crippen LogP contribution >= 0.6 is 11.6 Å². The second kappa shape index (κ2) is 5.99. The van der Waals surface area contributed by atoms with Crippen molar-refractivity contribution in [1.29, 1.82) is 5.26 Å². The van der Waals surface area contributed by atoms with E-state index in [4.69, 9.17) is 22.7 Å². The van der Waals surface area contributed by atoms with E-state index in [2.05, 4.69) is 25.0 Å². The molecule has 1 aromatic heterocycles. The largest absolute Gasteiger partial charge is 0.369 e. The summed E-state index contributed by atoms with van der Waals surface area (Å²) in [7, 11) is 0. The van der Waals surface area contributed by atoms with Gasteiger partial charge in [0.2, 0.25) is 0 Å². The van der Waals surface area contributed by atoms with Gasteiger partial charge in [-0.05, 0) is 34.1 Å². The molecule has 20 heavy (non-hydrogen) atoms. The maximum Gasteiger partial charge on any atom is 0.148 e. The van der Waals surface area contributed by atoms with Crippen molar-refractivity contribution in [2.45, 2.75) is 12.8 Å². The summed E-state index contributed by atoms with van der Waals surface area (Å²) >= 11 is 6.17. The molecular formula is C10H8ClN9. The minimum Gasteiger partial charge on any atom is -0.369 e. The first-order valence-electron chi connectivity index (χ1n) is 5.71. The van der Waals surface area contributed by atoms with Crippen LogP contribution in [0.4, 0.5) is 17.3 Å². The van der Waals surface area contributed by atoms with Gasteiger partial charge in [0, 0.05) is 22.9 Å². The molecule has 0 aliphatic carbocycles. The van der Waals surface area contributed by atoms with Crippen molar-refractivity contribution >= 4 is 28.9 Å². The predicted molar refractivity (Wildman–Crippen MR) is 73.0 cm³/mol. The minimum absolute atomic E-state index is 0.0894. The van der Waals surface area contributed by atoms with Crippen molar-refractivity contribution in [3.63, 3.8) is 0 Å². The number of pyridine rings is 1. The molecule has 0 bridgehead atoms. The highest BCUT2D eigenvalue weighted by Gasteiger charge is 2.24. The van der Waals surface area contributed by atoms with E-state index in [0.717, 1.165) is 25.9 Å². The molecule has 1 aliphatic heterocycles. The number of halogens is 1. The molecule has 1 fully saturated rings. The van der Waals surface area contributed by atoms with E-state index >= 15 is 0 Å². The third-order valence-electron chi connectivity index (χ3n) is 2.89. The Morgan fingerprint density at radius 3 is 2.35 bits per heavy atom. The smallest absolute Gasteiger partial charge is 0.148 e. The normalized spacial score (nSPS) is 13.3. The van der Waals surface area contributed by atoms with E-state index in [1.54, 1.807) is 0 Å². The van der Waals surface area contributed by atoms with E-state index in [0.29, 0.717) is 5.69 Å². The number of nitriles is 1. The van der Waals surface area contributed by atoms with Crippen LogP contribution < -0.4 is 4.90 Å². The molecule has 10 heteroatoms. The van der Waals surface area contributed by atoms with E-state index in [-0.39, 0.29) is 22.2 Å². The molecular weight excluding hydrogens is 282 g/mol. The standard InChI is InChI=1S/C10H8ClN9/c11-7-8(20-3-1-2-4-20)6(5-12)9(16-18-13)15-10(7)17-19-14/h1-4H2. The first-order valence-corrected chi connectivity index (χ1v) is 6.09. The van der Waals surface area contributed by atoms with Crippen LogP contribution in [0.3, 0.4) is 0 Å². The topological polar surface area (TPSA) is 137 Å². The van der Waals surface area contributed by atoms with Gasteiger partial charge in [0.1, 0.15) is 23.3 Å². The lowest BCUT2D eigenvalue weighted by molar-refractivity contribution is 0.949. The average molecular weight is 290 g/mol. The molecule has 1 aliphatic rings. The summed E-state index contributed by atoms with van der Waals surface area (Å²) in [5.41, 5.74) is 17.6. The summed E-state index contributed by atoms with van der Waals surface area (Å²) in [6.07, 6.45) is 1.94. The van der Waals surface area contributed by atoms with Crippen molar-refractivity contribution in [2.24, 2.45) is 10.2 Å². The lowest BCUT2D eigenvalue weighted by Crippen LogP contribution is -2.19. The molecule has 0 amide bonds. The van der Waals surface area contributed by atoms with Gasteiger partial charge in [-0.2, -0.15) is 5.26 Å². The molecule has 0 atom stereocenters. The average Bonchev–Trinajstić information content (AvgIpc) is 2.96. The number of aromatic nitrogens is 1. The van der Waals surface area contributed by atoms with Gasteiger partial charge in [-0.15, -0.1) is 0 Å². The second-order valence-electron chi connectivity index (χ2n) is 3.98. The molecule has 100 valence electrons. The first kappa shape index (κ1) is 13.8. The third-order valence-corrected chi connectivity index (χ3v) is 3.24. The molecule has 0 aromatic carbocycles. The van der Waals surface area contributed by atoms with Crippen LogP contribution in [0, 0.1) is 11.3 Å². The number of hydrogen-bond donors (Lipinski definition) is 0. The van der Waals surface area contributed by atoms with Gasteiger partial charge in [-0.1, -0.05) is 11.6 Å². The Hall–Kier alpha value is -2.65. The van der Waals surface area contributed by atoms with Gasteiger partial charge in [-0.25, -0.2) is 4.98 Å². The fraction of sp³-hybridized carbons (Fsp3) is 0.400. The monoisotopic (exact) mass is 289 g/mol. The van der Waals surface area contributed by atoms with Crippen LogP contribution in [-0.4, -0.2) is 18.1 Å². The van der Waals surface area contributed by atoms with Crippen molar-refractivity contribution in [3.8, 4) is 6.07 Å². The van der Waals surface area contributed by atoms with Crippen molar-refractivity contribution in [1.82, 2.24) is 4.98 Å². The summed E-state index contributed by atoms with van der Waals surface area (Å²) in [6, 6.07) is 1.95. The van der Waals surface area contributed by atoms with E-state index in [9.17, 15) is 5.26 Å². The lowest BCUT2D eigenvalue weighted by Gasteiger charge is -2.21. The van der Waals surface area contributed by atoms with Gasteiger partial charge in [0.15, 0.2) is 0 Å². The molecule has 9 nitrogen and oxygen atoms in total. The van der Waals surface area contributed by atoms with Gasteiger partial charge >= 0.3 is 0 Å². The maximum atomic E-state index is 9.27. The maximum absolute atomic E-state index is 9.27. The Balaban J connectivity index is 2.76. The van der Waals surface area contributed by atoms with Gasteiger partial charge < -0.3 is 4.90 Å². The fourth-order valence-electron chi connectivity index (χ4n) is 2.09. The third kappa shape index (κ3) is 2.39. The molecule has 0 unspecified atom stereocenters. The molecule has 2 rings (SSSR count). The summed E-state index contributed by atoms with van der Waals surface area (Å²) < 4.78 is 0. The Kier molecular flexibility index (Phi) is 4.13. The molecule has 1 saturated heterocycles. The SMILES string of the molecule is N#Cc1c(N=[N+]=[N-])nc(N=[N+]=[N-])c(Cl)c1N1CCCC1. The van der Waals surface area contributed by atoms with E-state index in [1.807, 2.05) is 11.0 Å². The zero-order valence-corrected chi connectivity index (χ0v) is 11.0. The molecule has 0 saturated carbocycles. The van der Waals surface area contributed by atoms with Crippen LogP contribution in [0.2, 0.25) is 5.02 Å². The van der Waals surface area contributed by atoms with Gasteiger partial charge in [0.05, 0.1) is 10.7 Å².